The molecule has 0 bridgehead atoms. The second-order valence-electron chi connectivity index (χ2n) is 7.03. The lowest BCUT2D eigenvalue weighted by Crippen LogP contribution is -2.41. The van der Waals surface area contributed by atoms with Crippen LogP contribution in [0.25, 0.3) is 11.1 Å². The van der Waals surface area contributed by atoms with E-state index in [1.165, 1.54) is 4.31 Å². The van der Waals surface area contributed by atoms with Gasteiger partial charge in [-0.05, 0) is 39.2 Å². The van der Waals surface area contributed by atoms with Crippen LogP contribution < -0.4 is 0 Å². The number of halogens is 3. The number of alkyl halides is 3. The van der Waals surface area contributed by atoms with E-state index in [-0.39, 0.29) is 41.5 Å². The highest BCUT2D eigenvalue weighted by molar-refractivity contribution is 7.89. The van der Waals surface area contributed by atoms with Crippen molar-refractivity contribution in [2.24, 2.45) is 0 Å². The Morgan fingerprint density at radius 3 is 2.44 bits per heavy atom. The van der Waals surface area contributed by atoms with Crippen molar-refractivity contribution >= 4 is 21.1 Å². The lowest BCUT2D eigenvalue weighted by Gasteiger charge is -2.31. The molecule has 1 fully saturated rings. The number of aromatic nitrogens is 2. The zero-order chi connectivity index (χ0) is 20.0. The van der Waals surface area contributed by atoms with Gasteiger partial charge in [0.2, 0.25) is 10.0 Å². The minimum absolute atomic E-state index is 0.107. The molecular weight excluding hydrogens is 383 g/mol. The third kappa shape index (κ3) is 3.69. The molecule has 1 saturated heterocycles. The number of pyridine rings is 1. The second-order valence-corrected chi connectivity index (χ2v) is 9.52. The maximum absolute atomic E-state index is 13.6. The normalized spacial score (nSPS) is 17.9. The number of piperidine rings is 1. The average Bonchev–Trinajstić information content (AvgIpc) is 3.03. The van der Waals surface area contributed by atoms with E-state index in [1.807, 2.05) is 0 Å². The third-order valence-corrected chi connectivity index (χ3v) is 7.27. The minimum atomic E-state index is -4.55. The van der Waals surface area contributed by atoms with E-state index in [0.29, 0.717) is 19.3 Å². The smallest absolute Gasteiger partial charge is 0.336 e. The Bertz CT molecular complexity index is 930. The first-order valence-electron chi connectivity index (χ1n) is 8.91. The lowest BCUT2D eigenvalue weighted by atomic mass is 9.91. The van der Waals surface area contributed by atoms with Crippen LogP contribution >= 0.6 is 0 Å². The molecule has 0 spiro atoms. The van der Waals surface area contributed by atoms with E-state index in [4.69, 9.17) is 4.52 Å². The van der Waals surface area contributed by atoms with Gasteiger partial charge in [0.05, 0.1) is 21.9 Å². The summed E-state index contributed by atoms with van der Waals surface area (Å²) in [5, 5.41) is 3.25. The molecular formula is C17H22F3N3O3S. The molecule has 0 aromatic carbocycles. The summed E-state index contributed by atoms with van der Waals surface area (Å²) >= 11 is 0. The summed E-state index contributed by atoms with van der Waals surface area (Å²) in [5.41, 5.74) is -0.406. The monoisotopic (exact) mass is 405 g/mol. The fourth-order valence-corrected chi connectivity index (χ4v) is 4.71. The van der Waals surface area contributed by atoms with Crippen molar-refractivity contribution in [1.29, 1.82) is 0 Å². The minimum Gasteiger partial charge on any atom is -0.336 e. The highest BCUT2D eigenvalue weighted by atomic mass is 32.2. The van der Waals surface area contributed by atoms with E-state index in [1.54, 1.807) is 20.8 Å². The number of nitrogens with zero attached hydrogens (tertiary/aromatic N) is 3. The van der Waals surface area contributed by atoms with Crippen LogP contribution in [0.3, 0.4) is 0 Å². The maximum Gasteiger partial charge on any atom is 0.417 e. The topological polar surface area (TPSA) is 76.3 Å². The molecule has 2 aromatic rings. The first-order chi connectivity index (χ1) is 12.6. The number of rotatable bonds is 4. The number of hydrogen-bond donors (Lipinski definition) is 0. The van der Waals surface area contributed by atoms with Gasteiger partial charge in [-0.2, -0.15) is 13.2 Å². The summed E-state index contributed by atoms with van der Waals surface area (Å²) in [7, 11) is -3.38. The van der Waals surface area contributed by atoms with Crippen LogP contribution in [-0.4, -0.2) is 41.2 Å². The summed E-state index contributed by atoms with van der Waals surface area (Å²) in [6.45, 7) is 5.44. The quantitative estimate of drug-likeness (QED) is 0.775. The zero-order valence-electron chi connectivity index (χ0n) is 15.4. The van der Waals surface area contributed by atoms with Gasteiger partial charge in [0.25, 0.3) is 5.71 Å². The molecule has 0 atom stereocenters. The van der Waals surface area contributed by atoms with Crippen LogP contribution in [0, 0.1) is 0 Å². The molecule has 10 heteroatoms. The van der Waals surface area contributed by atoms with Crippen LogP contribution in [0.5, 0.6) is 0 Å². The van der Waals surface area contributed by atoms with Gasteiger partial charge < -0.3 is 4.52 Å². The van der Waals surface area contributed by atoms with Gasteiger partial charge in [0.1, 0.15) is 0 Å². The van der Waals surface area contributed by atoms with Gasteiger partial charge >= 0.3 is 6.18 Å². The Morgan fingerprint density at radius 1 is 1.30 bits per heavy atom. The number of hydrogen-bond acceptors (Lipinski definition) is 5. The largest absolute Gasteiger partial charge is 0.417 e. The van der Waals surface area contributed by atoms with E-state index in [0.717, 1.165) is 6.07 Å². The van der Waals surface area contributed by atoms with Gasteiger partial charge in [-0.25, -0.2) is 17.7 Å². The Kier molecular flexibility index (Phi) is 5.24. The summed E-state index contributed by atoms with van der Waals surface area (Å²) in [5.74, 6) is -0.305. The first kappa shape index (κ1) is 20.1. The molecule has 0 saturated carbocycles. The summed E-state index contributed by atoms with van der Waals surface area (Å²) in [6.07, 6.45) is -3.42. The van der Waals surface area contributed by atoms with Crippen LogP contribution in [-0.2, 0) is 22.6 Å². The molecule has 0 amide bonds. The van der Waals surface area contributed by atoms with Crippen molar-refractivity contribution in [3.63, 3.8) is 0 Å². The number of fused-ring (bicyclic) bond motifs is 1. The zero-order valence-corrected chi connectivity index (χ0v) is 16.2. The fourth-order valence-electron chi connectivity index (χ4n) is 3.39. The van der Waals surface area contributed by atoms with Crippen molar-refractivity contribution < 1.29 is 26.1 Å². The Labute approximate surface area is 155 Å². The molecule has 150 valence electrons. The van der Waals surface area contributed by atoms with Gasteiger partial charge in [0, 0.05) is 24.7 Å². The molecule has 0 aliphatic carbocycles. The standard InChI is InChI=1S/C17H22F3N3O3S/c1-4-12-9-13(17(18,19)20)14-15(22-26-16(14)21-12)11-5-7-23(8-6-11)27(24,25)10(2)3/h9-11H,4-8H2,1-3H3. The van der Waals surface area contributed by atoms with Gasteiger partial charge in [0.15, 0.2) is 0 Å². The molecule has 1 aliphatic heterocycles. The Balaban J connectivity index is 1.95. The predicted molar refractivity (Wildman–Crippen MR) is 93.8 cm³/mol. The highest BCUT2D eigenvalue weighted by Gasteiger charge is 2.38. The van der Waals surface area contributed by atoms with Crippen molar-refractivity contribution in [2.75, 3.05) is 13.1 Å². The molecule has 0 unspecified atom stereocenters. The van der Waals surface area contributed by atoms with Crippen LogP contribution in [0.2, 0.25) is 0 Å². The van der Waals surface area contributed by atoms with E-state index < -0.39 is 27.0 Å². The van der Waals surface area contributed by atoms with E-state index in [2.05, 4.69) is 10.1 Å². The lowest BCUT2D eigenvalue weighted by molar-refractivity contribution is -0.136. The molecule has 3 heterocycles. The third-order valence-electron chi connectivity index (χ3n) is 4.99. The molecule has 6 nitrogen and oxygen atoms in total. The summed E-state index contributed by atoms with van der Waals surface area (Å²) in [6, 6.07) is 1.04. The first-order valence-corrected chi connectivity index (χ1v) is 10.4. The molecule has 0 N–H and O–H groups in total. The number of aryl methyl sites for hydroxylation is 1. The Hall–Kier alpha value is -1.68. The predicted octanol–water partition coefficient (Wildman–Crippen LogP) is 3.72. The van der Waals surface area contributed by atoms with E-state index in [9.17, 15) is 21.6 Å². The van der Waals surface area contributed by atoms with Crippen molar-refractivity contribution in [3.05, 3.63) is 23.0 Å². The Morgan fingerprint density at radius 2 is 1.93 bits per heavy atom. The van der Waals surface area contributed by atoms with Gasteiger partial charge in [-0.1, -0.05) is 12.1 Å². The fraction of sp³-hybridized carbons (Fsp3) is 0.647. The molecule has 3 rings (SSSR count). The molecule has 1 aliphatic rings. The number of sulfonamides is 1. The second kappa shape index (κ2) is 7.05. The van der Waals surface area contributed by atoms with Crippen LogP contribution in [0.15, 0.2) is 10.6 Å². The molecule has 27 heavy (non-hydrogen) atoms. The van der Waals surface area contributed by atoms with Gasteiger partial charge in [-0.3, -0.25) is 0 Å². The van der Waals surface area contributed by atoms with Gasteiger partial charge in [-0.15, -0.1) is 0 Å². The summed E-state index contributed by atoms with van der Waals surface area (Å²) in [4.78, 5) is 4.13. The summed E-state index contributed by atoms with van der Waals surface area (Å²) < 4.78 is 71.8. The maximum atomic E-state index is 13.6. The van der Waals surface area contributed by atoms with Crippen molar-refractivity contribution in [1.82, 2.24) is 14.4 Å². The van der Waals surface area contributed by atoms with Crippen molar-refractivity contribution in [2.45, 2.75) is 57.4 Å². The highest BCUT2D eigenvalue weighted by Crippen LogP contribution is 2.40. The SMILES string of the molecule is CCc1cc(C(F)(F)F)c2c(C3CCN(S(=O)(=O)C(C)C)CC3)noc2n1. The average molecular weight is 405 g/mol. The molecule has 2 aromatic heterocycles. The van der Waals surface area contributed by atoms with Crippen LogP contribution in [0.1, 0.15) is 56.5 Å². The van der Waals surface area contributed by atoms with E-state index >= 15 is 0 Å². The van der Waals surface area contributed by atoms with Crippen LogP contribution in [0.4, 0.5) is 13.2 Å². The molecule has 0 radical (unpaired) electrons. The van der Waals surface area contributed by atoms with Crippen molar-refractivity contribution in [3.8, 4) is 0 Å².